The summed E-state index contributed by atoms with van der Waals surface area (Å²) in [6.45, 7) is 0. The predicted octanol–water partition coefficient (Wildman–Crippen LogP) is 14.6. The van der Waals surface area contributed by atoms with Crippen LogP contribution in [0.15, 0.2) is 197 Å². The molecule has 53 heavy (non-hydrogen) atoms. The average Bonchev–Trinajstić information content (AvgIpc) is 3.80. The predicted molar refractivity (Wildman–Crippen MR) is 222 cm³/mol. The summed E-state index contributed by atoms with van der Waals surface area (Å²) in [6.07, 6.45) is 0. The molecule has 248 valence electrons. The fourth-order valence-electron chi connectivity index (χ4n) is 8.20. The normalized spacial score (nSPS) is 11.8. The smallest absolute Gasteiger partial charge is 0.143 e. The lowest BCUT2D eigenvalue weighted by molar-refractivity contribution is 0.669. The molecular weight excluding hydrogens is 647 g/mol. The van der Waals surface area contributed by atoms with Crippen molar-refractivity contribution >= 4 is 82.5 Å². The first-order valence-electron chi connectivity index (χ1n) is 18.0. The van der Waals surface area contributed by atoms with Crippen LogP contribution in [0.4, 0.5) is 17.1 Å². The lowest BCUT2D eigenvalue weighted by Gasteiger charge is -2.28. The van der Waals surface area contributed by atoms with E-state index in [0.717, 1.165) is 83.2 Å². The summed E-state index contributed by atoms with van der Waals surface area (Å²) in [4.78, 5) is 2.39. The molecule has 0 saturated carbocycles. The molecule has 0 radical (unpaired) electrons. The molecule has 11 aromatic rings. The number of rotatable bonds is 5. The Kier molecular flexibility index (Phi) is 6.55. The number of fused-ring (bicyclic) bond motifs is 9. The van der Waals surface area contributed by atoms with Gasteiger partial charge in [-0.2, -0.15) is 0 Å². The number of nitrogens with zero attached hydrogens (tertiary/aromatic N) is 1. The highest BCUT2D eigenvalue weighted by atomic mass is 16.3. The monoisotopic (exact) mass is 677 g/mol. The molecule has 0 bridgehead atoms. The molecule has 0 amide bonds. The van der Waals surface area contributed by atoms with E-state index in [9.17, 15) is 0 Å². The molecule has 0 N–H and O–H groups in total. The van der Waals surface area contributed by atoms with Gasteiger partial charge in [0.25, 0.3) is 0 Å². The topological polar surface area (TPSA) is 29.5 Å². The molecule has 0 saturated heterocycles. The summed E-state index contributed by atoms with van der Waals surface area (Å²) in [5.41, 5.74) is 11.2. The molecule has 0 aliphatic rings. The number of para-hydroxylation sites is 4. The van der Waals surface area contributed by atoms with Crippen molar-refractivity contribution < 1.29 is 8.83 Å². The van der Waals surface area contributed by atoms with Crippen molar-refractivity contribution in [2.24, 2.45) is 0 Å². The van der Waals surface area contributed by atoms with Crippen molar-refractivity contribution in [3.05, 3.63) is 188 Å². The van der Waals surface area contributed by atoms with Crippen LogP contribution in [0.25, 0.3) is 87.7 Å². The number of benzene rings is 9. The van der Waals surface area contributed by atoms with Gasteiger partial charge in [0, 0.05) is 49.4 Å². The van der Waals surface area contributed by atoms with E-state index >= 15 is 0 Å². The molecule has 2 heterocycles. The van der Waals surface area contributed by atoms with E-state index in [-0.39, 0.29) is 0 Å². The first-order valence-corrected chi connectivity index (χ1v) is 18.0. The molecule has 0 spiro atoms. The third-order valence-electron chi connectivity index (χ3n) is 10.6. The van der Waals surface area contributed by atoms with Crippen molar-refractivity contribution in [3.63, 3.8) is 0 Å². The molecule has 3 nitrogen and oxygen atoms in total. The van der Waals surface area contributed by atoms with Crippen LogP contribution in [0.3, 0.4) is 0 Å². The van der Waals surface area contributed by atoms with E-state index in [2.05, 4.69) is 169 Å². The van der Waals surface area contributed by atoms with E-state index < -0.39 is 0 Å². The highest BCUT2D eigenvalue weighted by Gasteiger charge is 2.20. The van der Waals surface area contributed by atoms with E-state index in [4.69, 9.17) is 8.83 Å². The Labute approximate surface area is 305 Å². The lowest BCUT2D eigenvalue weighted by atomic mass is 9.97. The van der Waals surface area contributed by atoms with E-state index in [1.165, 1.54) is 21.5 Å². The number of furan rings is 2. The van der Waals surface area contributed by atoms with Crippen LogP contribution in [0.1, 0.15) is 0 Å². The summed E-state index contributed by atoms with van der Waals surface area (Å²) < 4.78 is 12.9. The van der Waals surface area contributed by atoms with Gasteiger partial charge in [-0.3, -0.25) is 0 Å². The zero-order chi connectivity index (χ0) is 34.9. The zero-order valence-corrected chi connectivity index (χ0v) is 28.7. The maximum absolute atomic E-state index is 6.50. The SMILES string of the molecule is c1cc(-c2cccc3c2oc2ccccc23)cc(N(c2ccc(-c3cccc4c3oc3ccccc34)cc2)c2cc3ccccc3c3ccccc23)c1. The molecule has 3 heteroatoms. The summed E-state index contributed by atoms with van der Waals surface area (Å²) >= 11 is 0. The molecule has 2 aromatic heterocycles. The van der Waals surface area contributed by atoms with Crippen molar-refractivity contribution in [3.8, 4) is 22.3 Å². The van der Waals surface area contributed by atoms with E-state index in [1.54, 1.807) is 0 Å². The molecule has 0 atom stereocenters. The number of anilines is 3. The van der Waals surface area contributed by atoms with Gasteiger partial charge in [0.2, 0.25) is 0 Å². The summed E-state index contributed by atoms with van der Waals surface area (Å²) in [7, 11) is 0. The Balaban J connectivity index is 1.11. The Hall–Kier alpha value is -7.10. The van der Waals surface area contributed by atoms with Crippen LogP contribution in [0.5, 0.6) is 0 Å². The second-order valence-corrected chi connectivity index (χ2v) is 13.7. The summed E-state index contributed by atoms with van der Waals surface area (Å²) in [5.74, 6) is 0. The van der Waals surface area contributed by atoms with Gasteiger partial charge in [0.05, 0.1) is 5.69 Å². The van der Waals surface area contributed by atoms with Gasteiger partial charge in [-0.25, -0.2) is 0 Å². The molecule has 0 aliphatic heterocycles. The van der Waals surface area contributed by atoms with Crippen molar-refractivity contribution in [1.29, 1.82) is 0 Å². The molecule has 9 aromatic carbocycles. The largest absolute Gasteiger partial charge is 0.455 e. The molecule has 0 unspecified atom stereocenters. The minimum Gasteiger partial charge on any atom is -0.455 e. The Morgan fingerprint density at radius 3 is 1.53 bits per heavy atom. The van der Waals surface area contributed by atoms with Gasteiger partial charge < -0.3 is 13.7 Å². The highest BCUT2D eigenvalue weighted by Crippen LogP contribution is 2.45. The number of hydrogen-bond acceptors (Lipinski definition) is 3. The molecule has 11 rings (SSSR count). The molecule has 0 aliphatic carbocycles. The second kappa shape index (κ2) is 11.7. The van der Waals surface area contributed by atoms with E-state index in [0.29, 0.717) is 0 Å². The van der Waals surface area contributed by atoms with Crippen LogP contribution >= 0.6 is 0 Å². The van der Waals surface area contributed by atoms with Crippen LogP contribution in [0.2, 0.25) is 0 Å². The Morgan fingerprint density at radius 1 is 0.321 bits per heavy atom. The van der Waals surface area contributed by atoms with Crippen LogP contribution in [0, 0.1) is 0 Å². The van der Waals surface area contributed by atoms with Gasteiger partial charge >= 0.3 is 0 Å². The lowest BCUT2D eigenvalue weighted by Crippen LogP contribution is -2.10. The molecular formula is C50H31NO2. The quantitative estimate of drug-likeness (QED) is 0.170. The van der Waals surface area contributed by atoms with E-state index in [1.807, 2.05) is 24.3 Å². The van der Waals surface area contributed by atoms with Gasteiger partial charge in [-0.15, -0.1) is 0 Å². The summed E-state index contributed by atoms with van der Waals surface area (Å²) in [6, 6.07) is 66.8. The first-order chi connectivity index (χ1) is 26.3. The van der Waals surface area contributed by atoms with Gasteiger partial charge in [0.1, 0.15) is 22.3 Å². The third-order valence-corrected chi connectivity index (χ3v) is 10.6. The summed E-state index contributed by atoms with van der Waals surface area (Å²) in [5, 5.41) is 9.36. The van der Waals surface area contributed by atoms with Crippen molar-refractivity contribution in [2.45, 2.75) is 0 Å². The van der Waals surface area contributed by atoms with Crippen LogP contribution in [-0.4, -0.2) is 0 Å². The highest BCUT2D eigenvalue weighted by molar-refractivity contribution is 6.15. The van der Waals surface area contributed by atoms with Crippen molar-refractivity contribution in [1.82, 2.24) is 0 Å². The fraction of sp³-hybridized carbons (Fsp3) is 0. The van der Waals surface area contributed by atoms with Gasteiger partial charge in [0.15, 0.2) is 0 Å². The first kappa shape index (κ1) is 29.6. The maximum Gasteiger partial charge on any atom is 0.143 e. The fourth-order valence-corrected chi connectivity index (χ4v) is 8.20. The molecule has 0 fully saturated rings. The Bertz CT molecular complexity index is 3180. The maximum atomic E-state index is 6.50. The number of hydrogen-bond donors (Lipinski definition) is 0. The Morgan fingerprint density at radius 2 is 0.849 bits per heavy atom. The van der Waals surface area contributed by atoms with Crippen LogP contribution < -0.4 is 4.90 Å². The standard InChI is InChI=1S/C50H31NO2/c1-2-15-37-34(12-1)31-46(41-17-4-3-16-40(37)41)51(35-28-26-32(27-29-35)38-20-10-22-44-42-18-5-7-24-47(42)52-49(38)44)36-14-9-13-33(30-36)39-21-11-23-45-43-19-6-8-25-48(43)53-50(39)45/h1-31H. The zero-order valence-electron chi connectivity index (χ0n) is 28.7. The minimum atomic E-state index is 0.897. The minimum absolute atomic E-state index is 0.897. The van der Waals surface area contributed by atoms with Gasteiger partial charge in [-0.05, 0) is 69.8 Å². The van der Waals surface area contributed by atoms with Crippen molar-refractivity contribution in [2.75, 3.05) is 4.90 Å². The second-order valence-electron chi connectivity index (χ2n) is 13.7. The van der Waals surface area contributed by atoms with Gasteiger partial charge in [-0.1, -0.05) is 146 Å². The average molecular weight is 678 g/mol. The van der Waals surface area contributed by atoms with Crippen LogP contribution in [-0.2, 0) is 0 Å². The third kappa shape index (κ3) is 4.68.